The maximum atomic E-state index is 4.51. The highest BCUT2D eigenvalue weighted by atomic mass is 79.9. The largest absolute Gasteiger partial charge is 0.339 e. The van der Waals surface area contributed by atoms with E-state index in [0.29, 0.717) is 0 Å². The molecule has 0 aliphatic heterocycles. The first-order chi connectivity index (χ1) is 12.1. The number of rotatable bonds is 3. The molecule has 0 aliphatic carbocycles. The van der Waals surface area contributed by atoms with Crippen LogP contribution in [-0.2, 0) is 0 Å². The van der Waals surface area contributed by atoms with Gasteiger partial charge in [-0.25, -0.2) is 9.97 Å². The molecular formula is C20H16BrN3S. The van der Waals surface area contributed by atoms with Gasteiger partial charge in [0, 0.05) is 15.4 Å². The van der Waals surface area contributed by atoms with Crippen molar-refractivity contribution in [1.82, 2.24) is 9.97 Å². The molecule has 2 heterocycles. The lowest BCUT2D eigenvalue weighted by Crippen LogP contribution is -1.96. The summed E-state index contributed by atoms with van der Waals surface area (Å²) < 4.78 is 1.00. The number of nitrogens with one attached hydrogen (secondary N) is 1. The van der Waals surface area contributed by atoms with E-state index >= 15 is 0 Å². The van der Waals surface area contributed by atoms with E-state index in [1.807, 2.05) is 24.3 Å². The van der Waals surface area contributed by atoms with Crippen molar-refractivity contribution in [1.29, 1.82) is 0 Å². The lowest BCUT2D eigenvalue weighted by molar-refractivity contribution is 1.23. The van der Waals surface area contributed by atoms with Gasteiger partial charge in [0.15, 0.2) is 0 Å². The minimum Gasteiger partial charge on any atom is -0.339 e. The van der Waals surface area contributed by atoms with Crippen LogP contribution < -0.4 is 5.32 Å². The Morgan fingerprint density at radius 1 is 1.00 bits per heavy atom. The minimum atomic E-state index is 0.827. The second kappa shape index (κ2) is 6.58. The van der Waals surface area contributed by atoms with Gasteiger partial charge in [-0.3, -0.25) is 0 Å². The Morgan fingerprint density at radius 3 is 2.64 bits per heavy atom. The van der Waals surface area contributed by atoms with Crippen LogP contribution in [0.2, 0.25) is 0 Å². The van der Waals surface area contributed by atoms with Gasteiger partial charge in [0.1, 0.15) is 17.0 Å². The van der Waals surface area contributed by atoms with Crippen molar-refractivity contribution in [3.63, 3.8) is 0 Å². The third-order valence-corrected chi connectivity index (χ3v) is 5.75. The first kappa shape index (κ1) is 16.2. The molecule has 0 bridgehead atoms. The predicted molar refractivity (Wildman–Crippen MR) is 110 cm³/mol. The average molecular weight is 410 g/mol. The summed E-state index contributed by atoms with van der Waals surface area (Å²) in [6.07, 6.45) is 1.61. The van der Waals surface area contributed by atoms with Gasteiger partial charge >= 0.3 is 0 Å². The standard InChI is InChI=1S/C20H16BrN3S/c1-12-7-8-14(13(2)9-12)15-10-25-20-18(15)19(22-11-23-20)24-17-6-4-3-5-16(17)21/h3-11H,1-2H3,(H,22,23,24). The summed E-state index contributed by atoms with van der Waals surface area (Å²) in [7, 11) is 0. The Kier molecular flexibility index (Phi) is 4.27. The van der Waals surface area contributed by atoms with Gasteiger partial charge in [0.25, 0.3) is 0 Å². The van der Waals surface area contributed by atoms with Crippen molar-refractivity contribution in [2.75, 3.05) is 5.32 Å². The summed E-state index contributed by atoms with van der Waals surface area (Å²) in [5, 5.41) is 6.68. The fourth-order valence-corrected chi connectivity index (χ4v) is 4.26. The number of benzene rings is 2. The molecule has 25 heavy (non-hydrogen) atoms. The predicted octanol–water partition coefficient (Wildman–Crippen LogP) is 6.48. The monoisotopic (exact) mass is 409 g/mol. The summed E-state index contributed by atoms with van der Waals surface area (Å²) in [6, 6.07) is 14.6. The fraction of sp³-hybridized carbons (Fsp3) is 0.100. The molecular weight excluding hydrogens is 394 g/mol. The van der Waals surface area contributed by atoms with E-state index in [2.05, 4.69) is 68.6 Å². The number of hydrogen-bond donors (Lipinski definition) is 1. The zero-order chi connectivity index (χ0) is 17.4. The maximum absolute atomic E-state index is 4.51. The van der Waals surface area contributed by atoms with Gasteiger partial charge in [-0.1, -0.05) is 35.9 Å². The zero-order valence-corrected chi connectivity index (χ0v) is 16.3. The maximum Gasteiger partial charge on any atom is 0.143 e. The lowest BCUT2D eigenvalue weighted by Gasteiger charge is -2.11. The van der Waals surface area contributed by atoms with E-state index in [-0.39, 0.29) is 0 Å². The normalized spacial score (nSPS) is 11.0. The van der Waals surface area contributed by atoms with Crippen molar-refractivity contribution in [2.45, 2.75) is 13.8 Å². The quantitative estimate of drug-likeness (QED) is 0.420. The number of thiophene rings is 1. The van der Waals surface area contributed by atoms with E-state index < -0.39 is 0 Å². The summed E-state index contributed by atoms with van der Waals surface area (Å²) in [5.74, 6) is 0.827. The summed E-state index contributed by atoms with van der Waals surface area (Å²) in [5.41, 5.74) is 5.91. The summed E-state index contributed by atoms with van der Waals surface area (Å²) in [4.78, 5) is 9.95. The topological polar surface area (TPSA) is 37.8 Å². The van der Waals surface area contributed by atoms with Crippen LogP contribution in [0.5, 0.6) is 0 Å². The number of aryl methyl sites for hydroxylation is 2. The molecule has 2 aromatic carbocycles. The number of fused-ring (bicyclic) bond motifs is 1. The zero-order valence-electron chi connectivity index (χ0n) is 13.9. The number of aromatic nitrogens is 2. The van der Waals surface area contributed by atoms with Crippen LogP contribution in [0.15, 0.2) is 58.6 Å². The molecule has 4 aromatic rings. The number of halogens is 1. The van der Waals surface area contributed by atoms with Crippen molar-refractivity contribution in [3.8, 4) is 11.1 Å². The van der Waals surface area contributed by atoms with E-state index in [0.717, 1.165) is 26.2 Å². The number of anilines is 2. The highest BCUT2D eigenvalue weighted by Crippen LogP contribution is 2.39. The Morgan fingerprint density at radius 2 is 1.84 bits per heavy atom. The molecule has 0 saturated heterocycles. The van der Waals surface area contributed by atoms with Crippen molar-refractivity contribution in [2.24, 2.45) is 0 Å². The van der Waals surface area contributed by atoms with Crippen LogP contribution in [0.1, 0.15) is 11.1 Å². The molecule has 0 radical (unpaired) electrons. The number of hydrogen-bond acceptors (Lipinski definition) is 4. The van der Waals surface area contributed by atoms with Crippen LogP contribution in [0, 0.1) is 13.8 Å². The van der Waals surface area contributed by atoms with Crippen LogP contribution in [0.25, 0.3) is 21.3 Å². The van der Waals surface area contributed by atoms with Gasteiger partial charge in [0.2, 0.25) is 0 Å². The number of para-hydroxylation sites is 1. The molecule has 1 N–H and O–H groups in total. The summed E-state index contributed by atoms with van der Waals surface area (Å²) in [6.45, 7) is 4.27. The lowest BCUT2D eigenvalue weighted by atomic mass is 9.99. The van der Waals surface area contributed by atoms with E-state index in [1.54, 1.807) is 17.7 Å². The smallest absolute Gasteiger partial charge is 0.143 e. The molecule has 4 rings (SSSR count). The molecule has 124 valence electrons. The van der Waals surface area contributed by atoms with Crippen LogP contribution >= 0.6 is 27.3 Å². The molecule has 0 spiro atoms. The number of nitrogens with zero attached hydrogens (tertiary/aromatic N) is 2. The molecule has 2 aromatic heterocycles. The highest BCUT2D eigenvalue weighted by Gasteiger charge is 2.15. The van der Waals surface area contributed by atoms with Crippen molar-refractivity contribution in [3.05, 3.63) is 69.8 Å². The van der Waals surface area contributed by atoms with Gasteiger partial charge in [-0.15, -0.1) is 11.3 Å². The third kappa shape index (κ3) is 3.05. The SMILES string of the molecule is Cc1ccc(-c2csc3ncnc(Nc4ccccc4Br)c23)c(C)c1. The molecule has 3 nitrogen and oxygen atoms in total. The second-order valence-corrected chi connectivity index (χ2v) is 7.69. The molecule has 0 atom stereocenters. The molecule has 0 saturated carbocycles. The van der Waals surface area contributed by atoms with Gasteiger partial charge in [-0.05, 0) is 53.0 Å². The van der Waals surface area contributed by atoms with Crippen LogP contribution in [0.3, 0.4) is 0 Å². The summed E-state index contributed by atoms with van der Waals surface area (Å²) >= 11 is 5.24. The van der Waals surface area contributed by atoms with E-state index in [4.69, 9.17) is 0 Å². The van der Waals surface area contributed by atoms with Gasteiger partial charge < -0.3 is 5.32 Å². The minimum absolute atomic E-state index is 0.827. The fourth-order valence-electron chi connectivity index (χ4n) is 2.97. The van der Waals surface area contributed by atoms with Crippen molar-refractivity contribution < 1.29 is 0 Å². The Labute approximate surface area is 158 Å². The molecule has 0 aliphatic rings. The van der Waals surface area contributed by atoms with Crippen LogP contribution in [0.4, 0.5) is 11.5 Å². The molecule has 5 heteroatoms. The van der Waals surface area contributed by atoms with E-state index in [1.165, 1.54) is 22.3 Å². The Bertz CT molecular complexity index is 1070. The average Bonchev–Trinajstić information content (AvgIpc) is 3.02. The second-order valence-electron chi connectivity index (χ2n) is 5.98. The van der Waals surface area contributed by atoms with Gasteiger partial charge in [-0.2, -0.15) is 0 Å². The first-order valence-electron chi connectivity index (χ1n) is 7.95. The molecule has 0 unspecified atom stereocenters. The highest BCUT2D eigenvalue weighted by molar-refractivity contribution is 9.10. The first-order valence-corrected chi connectivity index (χ1v) is 9.62. The van der Waals surface area contributed by atoms with Crippen molar-refractivity contribution >= 4 is 49.0 Å². The Balaban J connectivity index is 1.89. The third-order valence-electron chi connectivity index (χ3n) is 4.17. The molecule has 0 fully saturated rings. The molecule has 0 amide bonds. The van der Waals surface area contributed by atoms with E-state index in [9.17, 15) is 0 Å². The van der Waals surface area contributed by atoms with Gasteiger partial charge in [0.05, 0.1) is 11.1 Å². The Hall–Kier alpha value is -2.24. The van der Waals surface area contributed by atoms with Crippen LogP contribution in [-0.4, -0.2) is 9.97 Å².